The highest BCUT2D eigenvalue weighted by atomic mass is 35.5. The highest BCUT2D eigenvalue weighted by Gasteiger charge is 2.30. The molecule has 1 rings (SSSR count). The molecule has 92 valence electrons. The summed E-state index contributed by atoms with van der Waals surface area (Å²) in [6.07, 6.45) is -7.25. The van der Waals surface area contributed by atoms with E-state index in [0.29, 0.717) is 0 Å². The summed E-state index contributed by atoms with van der Waals surface area (Å²) in [5, 5.41) is 0. The van der Waals surface area contributed by atoms with Crippen molar-refractivity contribution in [2.45, 2.75) is 18.6 Å². The lowest BCUT2D eigenvalue weighted by atomic mass is 10.1. The average Bonchev–Trinajstić information content (AvgIpc) is 2.15. The molecule has 0 amide bonds. The van der Waals surface area contributed by atoms with Gasteiger partial charge in [0.2, 0.25) is 0 Å². The van der Waals surface area contributed by atoms with E-state index in [9.17, 15) is 22.0 Å². The molecule has 1 aromatic carbocycles. The Morgan fingerprint density at radius 2 is 1.44 bits per heavy atom. The number of hydrogen-bond donors (Lipinski definition) is 1. The Balaban J connectivity index is 0.00000225. The highest BCUT2D eigenvalue weighted by molar-refractivity contribution is 5.85. The van der Waals surface area contributed by atoms with Crippen LogP contribution in [0.1, 0.15) is 17.2 Å². The molecule has 2 N–H and O–H groups in total. The number of rotatable bonds is 2. The van der Waals surface area contributed by atoms with Crippen LogP contribution < -0.4 is 5.73 Å². The normalized spacial score (nSPS) is 13.4. The Kier molecular flexibility index (Phi) is 5.15. The van der Waals surface area contributed by atoms with E-state index in [1.807, 2.05) is 0 Å². The van der Waals surface area contributed by atoms with Crippen molar-refractivity contribution in [1.29, 1.82) is 0 Å². The van der Waals surface area contributed by atoms with Crippen LogP contribution in [0.2, 0.25) is 0 Å². The van der Waals surface area contributed by atoms with Crippen LogP contribution in [0.5, 0.6) is 0 Å². The van der Waals surface area contributed by atoms with Crippen LogP contribution in [0.15, 0.2) is 24.3 Å². The molecule has 0 aliphatic heterocycles. The summed E-state index contributed by atoms with van der Waals surface area (Å²) in [6, 6.07) is 1.83. The molecule has 7 heteroatoms. The number of benzene rings is 1. The average molecular weight is 262 g/mol. The van der Waals surface area contributed by atoms with Crippen LogP contribution in [0.25, 0.3) is 0 Å². The van der Waals surface area contributed by atoms with Gasteiger partial charge in [0.25, 0.3) is 6.43 Å². The van der Waals surface area contributed by atoms with Gasteiger partial charge in [0.05, 0.1) is 11.6 Å². The third-order valence-electron chi connectivity index (χ3n) is 1.89. The molecule has 16 heavy (non-hydrogen) atoms. The van der Waals surface area contributed by atoms with E-state index in [1.165, 1.54) is 0 Å². The van der Waals surface area contributed by atoms with Crippen LogP contribution in [0.4, 0.5) is 22.0 Å². The Hall–Kier alpha value is -0.880. The zero-order valence-electron chi connectivity index (χ0n) is 7.84. The van der Waals surface area contributed by atoms with Crippen LogP contribution >= 0.6 is 12.4 Å². The SMILES string of the molecule is Cl.N[C@H](c1ccc(C(F)(F)F)cc1)C(F)F. The minimum absolute atomic E-state index is 0. The second-order valence-corrected chi connectivity index (χ2v) is 2.98. The van der Waals surface area contributed by atoms with Gasteiger partial charge in [0, 0.05) is 0 Å². The van der Waals surface area contributed by atoms with Gasteiger partial charge in [0.1, 0.15) is 0 Å². The lowest BCUT2D eigenvalue weighted by molar-refractivity contribution is -0.137. The predicted molar refractivity (Wildman–Crippen MR) is 51.6 cm³/mol. The van der Waals surface area contributed by atoms with Crippen LogP contribution in [-0.4, -0.2) is 6.43 Å². The fourth-order valence-electron chi connectivity index (χ4n) is 1.04. The molecule has 0 saturated heterocycles. The second-order valence-electron chi connectivity index (χ2n) is 2.98. The molecule has 0 aromatic heterocycles. The third-order valence-corrected chi connectivity index (χ3v) is 1.89. The van der Waals surface area contributed by atoms with E-state index in [-0.39, 0.29) is 18.0 Å². The quantitative estimate of drug-likeness (QED) is 0.812. The molecule has 1 aromatic rings. The summed E-state index contributed by atoms with van der Waals surface area (Å²) in [7, 11) is 0. The monoisotopic (exact) mass is 261 g/mol. The first kappa shape index (κ1) is 15.1. The molecule has 0 aliphatic rings. The van der Waals surface area contributed by atoms with E-state index in [1.54, 1.807) is 0 Å². The molecule has 0 unspecified atom stereocenters. The molecular formula is C9H9ClF5N. The summed E-state index contributed by atoms with van der Waals surface area (Å²) in [6.45, 7) is 0. The van der Waals surface area contributed by atoms with Crippen molar-refractivity contribution < 1.29 is 22.0 Å². The molecular weight excluding hydrogens is 253 g/mol. The number of nitrogens with two attached hydrogens (primary N) is 1. The molecule has 1 nitrogen and oxygen atoms in total. The zero-order valence-corrected chi connectivity index (χ0v) is 8.66. The number of hydrogen-bond acceptors (Lipinski definition) is 1. The molecule has 0 radical (unpaired) electrons. The lowest BCUT2D eigenvalue weighted by Gasteiger charge is -2.12. The second kappa shape index (κ2) is 5.45. The minimum Gasteiger partial charge on any atom is -0.319 e. The lowest BCUT2D eigenvalue weighted by Crippen LogP contribution is -2.19. The number of alkyl halides is 5. The molecule has 0 spiro atoms. The topological polar surface area (TPSA) is 26.0 Å². The first-order chi connectivity index (χ1) is 6.82. The van der Waals surface area contributed by atoms with E-state index in [0.717, 1.165) is 24.3 Å². The Labute approximate surface area is 94.8 Å². The summed E-state index contributed by atoms with van der Waals surface area (Å²) in [5.74, 6) is 0. The Morgan fingerprint density at radius 1 is 1.00 bits per heavy atom. The van der Waals surface area contributed by atoms with Crippen molar-refractivity contribution in [3.8, 4) is 0 Å². The van der Waals surface area contributed by atoms with Gasteiger partial charge in [-0.25, -0.2) is 8.78 Å². The van der Waals surface area contributed by atoms with Crippen LogP contribution in [0.3, 0.4) is 0 Å². The first-order valence-corrected chi connectivity index (χ1v) is 4.03. The van der Waals surface area contributed by atoms with Crippen molar-refractivity contribution in [3.05, 3.63) is 35.4 Å². The van der Waals surface area contributed by atoms with Gasteiger partial charge in [-0.05, 0) is 17.7 Å². The van der Waals surface area contributed by atoms with Gasteiger partial charge in [-0.1, -0.05) is 12.1 Å². The summed E-state index contributed by atoms with van der Waals surface area (Å²) >= 11 is 0. The maximum atomic E-state index is 12.1. The fraction of sp³-hybridized carbons (Fsp3) is 0.333. The van der Waals surface area contributed by atoms with Crippen molar-refractivity contribution in [3.63, 3.8) is 0 Å². The highest BCUT2D eigenvalue weighted by Crippen LogP contribution is 2.30. The fourth-order valence-corrected chi connectivity index (χ4v) is 1.04. The van der Waals surface area contributed by atoms with Gasteiger partial charge < -0.3 is 5.73 Å². The molecule has 0 bridgehead atoms. The van der Waals surface area contributed by atoms with Crippen LogP contribution in [0, 0.1) is 0 Å². The number of halogens is 6. The van der Waals surface area contributed by atoms with Gasteiger partial charge in [0.15, 0.2) is 0 Å². The molecule has 0 heterocycles. The maximum absolute atomic E-state index is 12.1. The van der Waals surface area contributed by atoms with Gasteiger partial charge >= 0.3 is 6.18 Å². The summed E-state index contributed by atoms with van der Waals surface area (Å²) in [4.78, 5) is 0. The minimum atomic E-state index is -4.46. The molecule has 0 fully saturated rings. The van der Waals surface area contributed by atoms with Crippen molar-refractivity contribution in [2.24, 2.45) is 5.73 Å². The predicted octanol–water partition coefficient (Wildman–Crippen LogP) is 3.39. The van der Waals surface area contributed by atoms with Crippen LogP contribution in [-0.2, 0) is 6.18 Å². The standard InChI is InChI=1S/C9H8F5N.ClH/c10-8(11)7(15)5-1-3-6(4-2-5)9(12,13)14;/h1-4,7-8H,15H2;1H/t7-;/m1./s1. The van der Waals surface area contributed by atoms with Gasteiger partial charge in [-0.15, -0.1) is 12.4 Å². The summed E-state index contributed by atoms with van der Waals surface area (Å²) in [5.41, 5.74) is 4.17. The van der Waals surface area contributed by atoms with E-state index < -0.39 is 24.2 Å². The maximum Gasteiger partial charge on any atom is 0.416 e. The summed E-state index contributed by atoms with van der Waals surface area (Å²) < 4.78 is 60.5. The molecule has 0 aliphatic carbocycles. The van der Waals surface area contributed by atoms with E-state index in [4.69, 9.17) is 5.73 Å². The van der Waals surface area contributed by atoms with E-state index >= 15 is 0 Å². The molecule has 1 atom stereocenters. The van der Waals surface area contributed by atoms with Gasteiger partial charge in [-0.2, -0.15) is 13.2 Å². The Bertz CT molecular complexity index is 322. The smallest absolute Gasteiger partial charge is 0.319 e. The molecule has 0 saturated carbocycles. The third kappa shape index (κ3) is 3.61. The Morgan fingerprint density at radius 3 is 1.75 bits per heavy atom. The van der Waals surface area contributed by atoms with Crippen molar-refractivity contribution >= 4 is 12.4 Å². The van der Waals surface area contributed by atoms with E-state index in [2.05, 4.69) is 0 Å². The van der Waals surface area contributed by atoms with Crippen molar-refractivity contribution in [2.75, 3.05) is 0 Å². The first-order valence-electron chi connectivity index (χ1n) is 4.03. The largest absolute Gasteiger partial charge is 0.416 e. The zero-order chi connectivity index (χ0) is 11.6. The van der Waals surface area contributed by atoms with Gasteiger partial charge in [-0.3, -0.25) is 0 Å². The van der Waals surface area contributed by atoms with Crippen molar-refractivity contribution in [1.82, 2.24) is 0 Å².